The number of methoxy groups -OCH3 is 2. The Kier molecular flexibility index (Phi) is 3.96. The normalized spacial score (nSPS) is 50.8. The van der Waals surface area contributed by atoms with Gasteiger partial charge in [-0.2, -0.15) is 0 Å². The number of Topliss-reactive ketones (excluding diaryl/α,β-unsaturated/α-hetero) is 1. The summed E-state index contributed by atoms with van der Waals surface area (Å²) in [4.78, 5) is 12.9. The van der Waals surface area contributed by atoms with E-state index in [2.05, 4.69) is 19.9 Å². The van der Waals surface area contributed by atoms with E-state index in [0.29, 0.717) is 29.1 Å². The van der Waals surface area contributed by atoms with E-state index >= 15 is 0 Å². The van der Waals surface area contributed by atoms with Crippen LogP contribution in [-0.2, 0) is 14.3 Å². The number of allylic oxidation sites excluding steroid dienone is 1. The Bertz CT molecular complexity index is 567. The van der Waals surface area contributed by atoms with Gasteiger partial charge < -0.3 is 9.47 Å². The third-order valence-electron chi connectivity index (χ3n) is 8.39. The molecule has 4 aliphatic rings. The topological polar surface area (TPSA) is 35.5 Å². The van der Waals surface area contributed by atoms with Crippen LogP contribution in [0.3, 0.4) is 0 Å². The number of carbonyl (C=O) groups is 1. The van der Waals surface area contributed by atoms with E-state index in [1.165, 1.54) is 19.3 Å². The predicted octanol–water partition coefficient (Wildman–Crippen LogP) is 4.16. The largest absolute Gasteiger partial charge is 0.381 e. The summed E-state index contributed by atoms with van der Waals surface area (Å²) in [5, 5.41) is 0. The monoisotopic (exact) mass is 332 g/mol. The van der Waals surface area contributed by atoms with E-state index in [1.807, 2.05) is 7.11 Å². The van der Waals surface area contributed by atoms with Crippen LogP contribution in [0.5, 0.6) is 0 Å². The fraction of sp³-hybridized carbons (Fsp3) is 0.857. The van der Waals surface area contributed by atoms with E-state index < -0.39 is 0 Å². The number of ketones is 1. The number of hydrogen-bond acceptors (Lipinski definition) is 3. The van der Waals surface area contributed by atoms with Gasteiger partial charge in [0, 0.05) is 19.6 Å². The molecule has 0 aromatic rings. The van der Waals surface area contributed by atoms with Crippen molar-refractivity contribution in [3.63, 3.8) is 0 Å². The first-order valence-corrected chi connectivity index (χ1v) is 9.73. The number of hydrogen-bond donors (Lipinski definition) is 0. The number of fused-ring (bicyclic) bond motifs is 5. The molecule has 0 saturated heterocycles. The maximum absolute atomic E-state index is 12.9. The highest BCUT2D eigenvalue weighted by Crippen LogP contribution is 2.64. The second kappa shape index (κ2) is 5.67. The van der Waals surface area contributed by atoms with Crippen LogP contribution in [0, 0.1) is 28.6 Å². The van der Waals surface area contributed by atoms with Crippen LogP contribution < -0.4 is 0 Å². The minimum absolute atomic E-state index is 0.146. The highest BCUT2D eigenvalue weighted by atomic mass is 16.5. The molecule has 3 saturated carbocycles. The molecule has 3 nitrogen and oxygen atoms in total. The van der Waals surface area contributed by atoms with Gasteiger partial charge in [0.1, 0.15) is 6.10 Å². The maximum atomic E-state index is 12.9. The standard InChI is InChI=1S/C21H32O3/c1-20-9-7-14(23-3)11-13(20)5-6-15-16(20)8-10-21(2)17(15)12-18(24-4)19(21)22/h5,14-18H,6-12H2,1-4H3/t14-,15?,16?,17?,18-,20+,21+/m1/s1. The molecule has 134 valence electrons. The summed E-state index contributed by atoms with van der Waals surface area (Å²) in [6, 6.07) is 0. The molecule has 0 amide bonds. The third-order valence-corrected chi connectivity index (χ3v) is 8.39. The molecule has 0 heterocycles. The van der Waals surface area contributed by atoms with Crippen LogP contribution in [0.25, 0.3) is 0 Å². The fourth-order valence-corrected chi connectivity index (χ4v) is 6.80. The van der Waals surface area contributed by atoms with Crippen LogP contribution in [-0.4, -0.2) is 32.2 Å². The van der Waals surface area contributed by atoms with E-state index in [4.69, 9.17) is 9.47 Å². The van der Waals surface area contributed by atoms with E-state index in [1.54, 1.807) is 12.7 Å². The Morgan fingerprint density at radius 3 is 2.50 bits per heavy atom. The maximum Gasteiger partial charge on any atom is 0.167 e. The number of rotatable bonds is 2. The Balaban J connectivity index is 1.65. The SMILES string of the molecule is CO[C@@H]1CC[C@@]2(C)C(=CCC3C2CC[C@]2(C)C(=O)[C@H](OC)CC32)C1. The molecule has 4 aliphatic carbocycles. The summed E-state index contributed by atoms with van der Waals surface area (Å²) >= 11 is 0. The Morgan fingerprint density at radius 1 is 1.04 bits per heavy atom. The highest BCUT2D eigenvalue weighted by Gasteiger charge is 2.61. The second-order valence-corrected chi connectivity index (χ2v) is 9.14. The van der Waals surface area contributed by atoms with Crippen molar-refractivity contribution in [2.75, 3.05) is 14.2 Å². The molecular weight excluding hydrogens is 300 g/mol. The van der Waals surface area contributed by atoms with Crippen LogP contribution in [0.4, 0.5) is 0 Å². The summed E-state index contributed by atoms with van der Waals surface area (Å²) in [5.74, 6) is 2.26. The van der Waals surface area contributed by atoms with Gasteiger partial charge in [0.2, 0.25) is 0 Å². The molecular formula is C21H32O3. The summed E-state index contributed by atoms with van der Waals surface area (Å²) in [5.41, 5.74) is 1.82. The van der Waals surface area contributed by atoms with Crippen molar-refractivity contribution in [2.45, 2.75) is 71.0 Å². The van der Waals surface area contributed by atoms with E-state index in [0.717, 1.165) is 31.6 Å². The van der Waals surface area contributed by atoms with Gasteiger partial charge in [0.25, 0.3) is 0 Å². The molecule has 24 heavy (non-hydrogen) atoms. The van der Waals surface area contributed by atoms with Gasteiger partial charge in [0.05, 0.1) is 6.10 Å². The molecule has 0 aliphatic heterocycles. The number of carbonyl (C=O) groups excluding carboxylic acids is 1. The fourth-order valence-electron chi connectivity index (χ4n) is 6.80. The van der Waals surface area contributed by atoms with Crippen LogP contribution in [0.15, 0.2) is 11.6 Å². The van der Waals surface area contributed by atoms with Crippen LogP contribution in [0.2, 0.25) is 0 Å². The third kappa shape index (κ3) is 2.13. The van der Waals surface area contributed by atoms with Crippen molar-refractivity contribution >= 4 is 5.78 Å². The Hall–Kier alpha value is -0.670. The van der Waals surface area contributed by atoms with Gasteiger partial charge in [-0.05, 0) is 68.1 Å². The summed E-state index contributed by atoms with van der Waals surface area (Å²) in [6.07, 6.45) is 10.6. The zero-order valence-electron chi connectivity index (χ0n) is 15.6. The summed E-state index contributed by atoms with van der Waals surface area (Å²) in [7, 11) is 3.55. The first-order valence-electron chi connectivity index (χ1n) is 9.73. The molecule has 7 atom stereocenters. The Morgan fingerprint density at radius 2 is 1.79 bits per heavy atom. The summed E-state index contributed by atoms with van der Waals surface area (Å²) in [6.45, 7) is 4.72. The predicted molar refractivity (Wildman–Crippen MR) is 93.7 cm³/mol. The zero-order chi connectivity index (χ0) is 17.1. The minimum Gasteiger partial charge on any atom is -0.381 e. The molecule has 0 spiro atoms. The molecule has 0 aromatic heterocycles. The molecule has 4 rings (SSSR count). The molecule has 3 unspecified atom stereocenters. The van der Waals surface area contributed by atoms with Crippen LogP contribution >= 0.6 is 0 Å². The van der Waals surface area contributed by atoms with Crippen molar-refractivity contribution in [1.29, 1.82) is 0 Å². The van der Waals surface area contributed by atoms with Crippen LogP contribution in [0.1, 0.15) is 58.8 Å². The van der Waals surface area contributed by atoms with E-state index in [9.17, 15) is 4.79 Å². The van der Waals surface area contributed by atoms with Crippen molar-refractivity contribution in [1.82, 2.24) is 0 Å². The lowest BCUT2D eigenvalue weighted by Gasteiger charge is -2.56. The van der Waals surface area contributed by atoms with Crippen molar-refractivity contribution < 1.29 is 14.3 Å². The lowest BCUT2D eigenvalue weighted by Crippen LogP contribution is -2.50. The minimum atomic E-state index is -0.166. The Labute approximate surface area is 146 Å². The average Bonchev–Trinajstić information content (AvgIpc) is 2.85. The lowest BCUT2D eigenvalue weighted by molar-refractivity contribution is -0.137. The second-order valence-electron chi connectivity index (χ2n) is 9.14. The van der Waals surface area contributed by atoms with Gasteiger partial charge >= 0.3 is 0 Å². The van der Waals surface area contributed by atoms with Gasteiger partial charge in [-0.1, -0.05) is 25.5 Å². The van der Waals surface area contributed by atoms with Gasteiger partial charge in [-0.25, -0.2) is 0 Å². The molecule has 0 aromatic carbocycles. The van der Waals surface area contributed by atoms with E-state index in [-0.39, 0.29) is 11.5 Å². The number of ether oxygens (including phenoxy) is 2. The van der Waals surface area contributed by atoms with Gasteiger partial charge in [-0.15, -0.1) is 0 Å². The van der Waals surface area contributed by atoms with Crippen molar-refractivity contribution in [3.8, 4) is 0 Å². The first kappa shape index (κ1) is 16.8. The first-order chi connectivity index (χ1) is 11.4. The smallest absolute Gasteiger partial charge is 0.167 e. The van der Waals surface area contributed by atoms with Crippen molar-refractivity contribution in [3.05, 3.63) is 11.6 Å². The molecule has 3 fully saturated rings. The molecule has 0 bridgehead atoms. The summed E-state index contributed by atoms with van der Waals surface area (Å²) < 4.78 is 11.2. The van der Waals surface area contributed by atoms with Gasteiger partial charge in [0.15, 0.2) is 5.78 Å². The average molecular weight is 332 g/mol. The highest BCUT2D eigenvalue weighted by molar-refractivity contribution is 5.91. The molecule has 3 heteroatoms. The van der Waals surface area contributed by atoms with Crippen molar-refractivity contribution in [2.24, 2.45) is 28.6 Å². The quantitative estimate of drug-likeness (QED) is 0.712. The lowest BCUT2D eigenvalue weighted by atomic mass is 9.48. The molecule has 0 radical (unpaired) electrons. The molecule has 0 N–H and O–H groups in total. The zero-order valence-corrected chi connectivity index (χ0v) is 15.6. The van der Waals surface area contributed by atoms with Gasteiger partial charge in [-0.3, -0.25) is 4.79 Å².